The van der Waals surface area contributed by atoms with Crippen LogP contribution in [0, 0.1) is 0 Å². The predicted octanol–water partition coefficient (Wildman–Crippen LogP) is 1.61. The van der Waals surface area contributed by atoms with Crippen molar-refractivity contribution in [2.45, 2.75) is 32.0 Å². The maximum atomic E-state index is 11.8. The zero-order valence-corrected chi connectivity index (χ0v) is 8.06. The fourth-order valence-corrected chi connectivity index (χ4v) is 0.985. The van der Waals surface area contributed by atoms with Gasteiger partial charge in [0.2, 0.25) is 0 Å². The molecule has 0 aliphatic rings. The first-order valence-electron chi connectivity index (χ1n) is 4.34. The van der Waals surface area contributed by atoms with Crippen LogP contribution in [0.1, 0.15) is 19.8 Å². The Morgan fingerprint density at radius 1 is 1.38 bits per heavy atom. The minimum Gasteiger partial charge on any atom is -0.330 e. The molecule has 0 aliphatic carbocycles. The summed E-state index contributed by atoms with van der Waals surface area (Å²) in [6.07, 6.45) is -4.08. The lowest BCUT2D eigenvalue weighted by molar-refractivity contribution is -0.138. The third kappa shape index (κ3) is 6.83. The molecule has 0 aromatic rings. The molecule has 2 nitrogen and oxygen atoms in total. The molecule has 0 radical (unpaired) electrons. The van der Waals surface area contributed by atoms with Gasteiger partial charge in [0.1, 0.15) is 0 Å². The molecule has 0 saturated carbocycles. The van der Waals surface area contributed by atoms with Gasteiger partial charge in [-0.25, -0.2) is 0 Å². The number of alkyl halides is 3. The van der Waals surface area contributed by atoms with E-state index in [0.29, 0.717) is 6.54 Å². The molecule has 0 aromatic heterocycles. The second kappa shape index (κ2) is 5.44. The van der Waals surface area contributed by atoms with Crippen LogP contribution < -0.4 is 5.73 Å². The molecule has 0 fully saturated rings. The van der Waals surface area contributed by atoms with Gasteiger partial charge in [0.25, 0.3) is 0 Å². The van der Waals surface area contributed by atoms with Gasteiger partial charge in [-0.1, -0.05) is 0 Å². The molecule has 0 heterocycles. The first-order chi connectivity index (χ1) is 5.87. The molecule has 0 rings (SSSR count). The van der Waals surface area contributed by atoms with Crippen molar-refractivity contribution in [1.82, 2.24) is 4.90 Å². The maximum Gasteiger partial charge on any atom is 0.390 e. The van der Waals surface area contributed by atoms with Gasteiger partial charge in [-0.2, -0.15) is 13.2 Å². The molecule has 0 aromatic carbocycles. The van der Waals surface area contributed by atoms with E-state index in [1.54, 1.807) is 11.9 Å². The summed E-state index contributed by atoms with van der Waals surface area (Å²) in [7, 11) is 1.69. The lowest BCUT2D eigenvalue weighted by Gasteiger charge is -2.24. The van der Waals surface area contributed by atoms with Crippen LogP contribution >= 0.6 is 0 Å². The van der Waals surface area contributed by atoms with Crippen LogP contribution in [0.15, 0.2) is 0 Å². The summed E-state index contributed by atoms with van der Waals surface area (Å²) in [4.78, 5) is 1.68. The lowest BCUT2D eigenvalue weighted by atomic mass is 10.2. The average molecular weight is 198 g/mol. The molecule has 0 saturated heterocycles. The minimum absolute atomic E-state index is 0.0463. The smallest absolute Gasteiger partial charge is 0.330 e. The van der Waals surface area contributed by atoms with E-state index in [9.17, 15) is 13.2 Å². The summed E-state index contributed by atoms with van der Waals surface area (Å²) in [5, 5.41) is 0. The van der Waals surface area contributed by atoms with Gasteiger partial charge >= 0.3 is 6.18 Å². The van der Waals surface area contributed by atoms with Crippen molar-refractivity contribution in [1.29, 1.82) is 0 Å². The Morgan fingerprint density at radius 3 is 2.31 bits per heavy atom. The maximum absolute atomic E-state index is 11.8. The van der Waals surface area contributed by atoms with Gasteiger partial charge in [-0.15, -0.1) is 0 Å². The van der Waals surface area contributed by atoms with E-state index in [1.165, 1.54) is 0 Å². The highest BCUT2D eigenvalue weighted by atomic mass is 19.4. The van der Waals surface area contributed by atoms with Crippen LogP contribution in [0.3, 0.4) is 0 Å². The van der Waals surface area contributed by atoms with Crippen LogP contribution in [0.2, 0.25) is 0 Å². The molecule has 80 valence electrons. The van der Waals surface area contributed by atoms with Crippen molar-refractivity contribution < 1.29 is 13.2 Å². The largest absolute Gasteiger partial charge is 0.390 e. The van der Waals surface area contributed by atoms with Crippen LogP contribution in [0.5, 0.6) is 0 Å². The topological polar surface area (TPSA) is 29.3 Å². The molecule has 2 N–H and O–H groups in total. The first-order valence-corrected chi connectivity index (χ1v) is 4.34. The monoisotopic (exact) mass is 198 g/mol. The Balaban J connectivity index is 3.67. The molecular formula is C8H17F3N2. The van der Waals surface area contributed by atoms with Crippen molar-refractivity contribution in [2.24, 2.45) is 5.73 Å². The van der Waals surface area contributed by atoms with Gasteiger partial charge in [-0.05, 0) is 26.9 Å². The van der Waals surface area contributed by atoms with Crippen molar-refractivity contribution in [3.05, 3.63) is 0 Å². The Morgan fingerprint density at radius 2 is 1.92 bits per heavy atom. The number of halogens is 3. The van der Waals surface area contributed by atoms with Gasteiger partial charge in [-0.3, -0.25) is 0 Å². The van der Waals surface area contributed by atoms with Crippen LogP contribution in [-0.4, -0.2) is 37.3 Å². The Kier molecular flexibility index (Phi) is 5.32. The van der Waals surface area contributed by atoms with Crippen molar-refractivity contribution >= 4 is 0 Å². The van der Waals surface area contributed by atoms with Crippen molar-refractivity contribution in [2.75, 3.05) is 20.1 Å². The predicted molar refractivity (Wildman–Crippen MR) is 46.4 cm³/mol. The van der Waals surface area contributed by atoms with E-state index < -0.39 is 12.6 Å². The third-order valence-electron chi connectivity index (χ3n) is 2.08. The Bertz CT molecular complexity index is 136. The SMILES string of the molecule is CC(CCN)N(C)CCC(F)(F)F. The molecule has 1 unspecified atom stereocenters. The third-order valence-corrected chi connectivity index (χ3v) is 2.08. The Labute approximate surface area is 76.9 Å². The zero-order chi connectivity index (χ0) is 10.5. The van der Waals surface area contributed by atoms with Gasteiger partial charge < -0.3 is 10.6 Å². The van der Waals surface area contributed by atoms with E-state index in [-0.39, 0.29) is 12.6 Å². The average Bonchev–Trinajstić information content (AvgIpc) is 1.99. The zero-order valence-electron chi connectivity index (χ0n) is 8.06. The number of nitrogens with two attached hydrogens (primary N) is 1. The molecule has 5 heteroatoms. The van der Waals surface area contributed by atoms with Gasteiger partial charge in [0, 0.05) is 12.6 Å². The van der Waals surface area contributed by atoms with E-state index >= 15 is 0 Å². The van der Waals surface area contributed by atoms with E-state index in [4.69, 9.17) is 5.73 Å². The summed E-state index contributed by atoms with van der Waals surface area (Å²) in [5.74, 6) is 0. The van der Waals surface area contributed by atoms with Crippen LogP contribution in [-0.2, 0) is 0 Å². The summed E-state index contributed by atoms with van der Waals surface area (Å²) in [6, 6.07) is 0.118. The highest BCUT2D eigenvalue weighted by Crippen LogP contribution is 2.20. The summed E-state index contributed by atoms with van der Waals surface area (Å²) in [5.41, 5.74) is 5.30. The normalized spacial score (nSPS) is 15.0. The standard InChI is InChI=1S/C8H17F3N2/c1-7(3-5-12)13(2)6-4-8(9,10)11/h7H,3-6,12H2,1-2H3. The van der Waals surface area contributed by atoms with E-state index in [0.717, 1.165) is 6.42 Å². The fraction of sp³-hybridized carbons (Fsp3) is 1.00. The Hall–Kier alpha value is -0.290. The van der Waals surface area contributed by atoms with Crippen molar-refractivity contribution in [3.63, 3.8) is 0 Å². The molecular weight excluding hydrogens is 181 g/mol. The fourth-order valence-electron chi connectivity index (χ4n) is 0.985. The molecule has 0 spiro atoms. The van der Waals surface area contributed by atoms with Gasteiger partial charge in [0.15, 0.2) is 0 Å². The van der Waals surface area contributed by atoms with Crippen LogP contribution in [0.4, 0.5) is 13.2 Å². The number of hydrogen-bond acceptors (Lipinski definition) is 2. The van der Waals surface area contributed by atoms with E-state index in [2.05, 4.69) is 0 Å². The minimum atomic E-state index is -4.06. The van der Waals surface area contributed by atoms with Crippen LogP contribution in [0.25, 0.3) is 0 Å². The summed E-state index contributed by atoms with van der Waals surface area (Å²) < 4.78 is 35.4. The van der Waals surface area contributed by atoms with Gasteiger partial charge in [0.05, 0.1) is 6.42 Å². The highest BCUT2D eigenvalue weighted by molar-refractivity contribution is 4.65. The number of nitrogens with zero attached hydrogens (tertiary/aromatic N) is 1. The molecule has 1 atom stereocenters. The second-order valence-corrected chi connectivity index (χ2v) is 3.27. The lowest BCUT2D eigenvalue weighted by Crippen LogP contribution is -2.33. The molecule has 13 heavy (non-hydrogen) atoms. The second-order valence-electron chi connectivity index (χ2n) is 3.27. The number of hydrogen-bond donors (Lipinski definition) is 1. The molecule has 0 aliphatic heterocycles. The first kappa shape index (κ1) is 12.7. The van der Waals surface area contributed by atoms with Crippen molar-refractivity contribution in [3.8, 4) is 0 Å². The summed E-state index contributed by atoms with van der Waals surface area (Å²) >= 11 is 0. The molecule has 0 bridgehead atoms. The highest BCUT2D eigenvalue weighted by Gasteiger charge is 2.27. The molecule has 0 amide bonds. The van der Waals surface area contributed by atoms with E-state index in [1.807, 2.05) is 6.92 Å². The summed E-state index contributed by atoms with van der Waals surface area (Å²) in [6.45, 7) is 2.44. The number of rotatable bonds is 5. The quantitative estimate of drug-likeness (QED) is 0.727.